The summed E-state index contributed by atoms with van der Waals surface area (Å²) in [5.74, 6) is -1.67. The molecule has 1 unspecified atom stereocenters. The number of carbonyl (C=O) groups is 2. The third-order valence-electron chi connectivity index (χ3n) is 4.88. The SMILES string of the molecule is Cc1ccc(C)c(C(O)=C2C(=O)C(=O)N(c3nccs3)C2c2cccc(Cl)c2)c1. The van der Waals surface area contributed by atoms with E-state index in [1.165, 1.54) is 16.2 Å². The minimum atomic E-state index is -0.820. The number of rotatable bonds is 3. The molecular formula is C22H17ClN2O3S. The number of hydrogen-bond acceptors (Lipinski definition) is 5. The molecule has 0 aliphatic carbocycles. The van der Waals surface area contributed by atoms with Crippen LogP contribution in [0.1, 0.15) is 28.3 Å². The summed E-state index contributed by atoms with van der Waals surface area (Å²) in [4.78, 5) is 31.5. The number of Topliss-reactive ketones (excluding diaryl/α,β-unsaturated/α-hetero) is 1. The van der Waals surface area contributed by atoms with Gasteiger partial charge in [0.05, 0.1) is 11.6 Å². The summed E-state index contributed by atoms with van der Waals surface area (Å²) in [7, 11) is 0. The highest BCUT2D eigenvalue weighted by Crippen LogP contribution is 2.43. The summed E-state index contributed by atoms with van der Waals surface area (Å²) in [5.41, 5.74) is 2.91. The second-order valence-electron chi connectivity index (χ2n) is 6.86. The quantitative estimate of drug-likeness (QED) is 0.363. The van der Waals surface area contributed by atoms with Gasteiger partial charge in [0.1, 0.15) is 5.76 Å². The zero-order valence-corrected chi connectivity index (χ0v) is 17.3. The molecule has 4 rings (SSSR count). The van der Waals surface area contributed by atoms with Gasteiger partial charge in [-0.25, -0.2) is 4.98 Å². The van der Waals surface area contributed by atoms with Crippen LogP contribution >= 0.6 is 22.9 Å². The van der Waals surface area contributed by atoms with Crippen LogP contribution in [-0.4, -0.2) is 21.8 Å². The van der Waals surface area contributed by atoms with Crippen LogP contribution in [0, 0.1) is 13.8 Å². The van der Waals surface area contributed by atoms with E-state index in [1.807, 2.05) is 26.0 Å². The number of nitrogens with zero attached hydrogens (tertiary/aromatic N) is 2. The van der Waals surface area contributed by atoms with Gasteiger partial charge in [-0.1, -0.05) is 41.4 Å². The Balaban J connectivity index is 1.99. The van der Waals surface area contributed by atoms with Crippen LogP contribution in [0.5, 0.6) is 0 Å². The molecule has 1 aliphatic rings. The molecule has 146 valence electrons. The van der Waals surface area contributed by atoms with Crippen molar-refractivity contribution in [3.8, 4) is 0 Å². The predicted octanol–water partition coefficient (Wildman–Crippen LogP) is 5.04. The molecule has 0 spiro atoms. The number of anilines is 1. The minimum absolute atomic E-state index is 0.0289. The van der Waals surface area contributed by atoms with Crippen molar-refractivity contribution in [1.82, 2.24) is 4.98 Å². The third-order valence-corrected chi connectivity index (χ3v) is 5.89. The van der Waals surface area contributed by atoms with Crippen molar-refractivity contribution in [3.63, 3.8) is 0 Å². The maximum Gasteiger partial charge on any atom is 0.301 e. The molecule has 0 radical (unpaired) electrons. The first-order valence-corrected chi connectivity index (χ1v) is 10.2. The van der Waals surface area contributed by atoms with Crippen LogP contribution in [-0.2, 0) is 9.59 Å². The molecule has 1 fully saturated rings. The van der Waals surface area contributed by atoms with Gasteiger partial charge in [-0.05, 0) is 43.2 Å². The van der Waals surface area contributed by atoms with Gasteiger partial charge in [0.15, 0.2) is 5.13 Å². The van der Waals surface area contributed by atoms with Crippen molar-refractivity contribution in [2.24, 2.45) is 0 Å². The van der Waals surface area contributed by atoms with E-state index in [2.05, 4.69) is 4.98 Å². The number of ketones is 1. The van der Waals surface area contributed by atoms with E-state index in [4.69, 9.17) is 11.6 Å². The number of thiazole rings is 1. The molecule has 0 bridgehead atoms. The first kappa shape index (κ1) is 19.4. The monoisotopic (exact) mass is 424 g/mol. The second kappa shape index (κ2) is 7.46. The molecule has 1 amide bonds. The second-order valence-corrected chi connectivity index (χ2v) is 8.17. The number of halogens is 1. The molecule has 1 aliphatic heterocycles. The van der Waals surface area contributed by atoms with Crippen LogP contribution in [0.15, 0.2) is 59.6 Å². The molecule has 7 heteroatoms. The fraction of sp³-hybridized carbons (Fsp3) is 0.136. The number of amides is 1. The lowest BCUT2D eigenvalue weighted by Gasteiger charge is -2.23. The van der Waals surface area contributed by atoms with Crippen LogP contribution in [0.4, 0.5) is 5.13 Å². The van der Waals surface area contributed by atoms with Gasteiger partial charge < -0.3 is 5.11 Å². The van der Waals surface area contributed by atoms with Gasteiger partial charge in [-0.15, -0.1) is 11.3 Å². The molecule has 2 aromatic carbocycles. The van der Waals surface area contributed by atoms with Crippen LogP contribution < -0.4 is 4.90 Å². The topological polar surface area (TPSA) is 70.5 Å². The lowest BCUT2D eigenvalue weighted by atomic mass is 9.93. The summed E-state index contributed by atoms with van der Waals surface area (Å²) >= 11 is 7.43. The van der Waals surface area contributed by atoms with Crippen molar-refractivity contribution in [2.75, 3.05) is 4.90 Å². The molecule has 1 atom stereocenters. The summed E-state index contributed by atoms with van der Waals surface area (Å²) in [6, 6.07) is 11.7. The molecule has 1 aromatic heterocycles. The first-order valence-electron chi connectivity index (χ1n) is 8.92. The van der Waals surface area contributed by atoms with Crippen LogP contribution in [0.25, 0.3) is 5.76 Å². The Morgan fingerprint density at radius 2 is 1.97 bits per heavy atom. The van der Waals surface area contributed by atoms with Gasteiger partial charge in [0.2, 0.25) is 0 Å². The lowest BCUT2D eigenvalue weighted by Crippen LogP contribution is -2.29. The number of aliphatic hydroxyl groups excluding tert-OH is 1. The van der Waals surface area contributed by atoms with Gasteiger partial charge in [0.25, 0.3) is 5.78 Å². The molecule has 0 saturated carbocycles. The lowest BCUT2D eigenvalue weighted by molar-refractivity contribution is -0.132. The Kier molecular flexibility index (Phi) is 4.98. The standard InChI is InChI=1S/C22H17ClN2O3S/c1-12-6-7-13(2)16(10-12)19(26)17-18(14-4-3-5-15(23)11-14)25(21(28)20(17)27)22-24-8-9-29-22/h3-11,18,26H,1-2H3. The first-order chi connectivity index (χ1) is 13.9. The van der Waals surface area contributed by atoms with Crippen molar-refractivity contribution in [2.45, 2.75) is 19.9 Å². The van der Waals surface area contributed by atoms with Crippen LogP contribution in [0.2, 0.25) is 5.02 Å². The molecular weight excluding hydrogens is 408 g/mol. The highest BCUT2D eigenvalue weighted by Gasteiger charge is 2.48. The van der Waals surface area contributed by atoms with Crippen molar-refractivity contribution in [3.05, 3.63) is 86.9 Å². The maximum absolute atomic E-state index is 13.0. The molecule has 5 nitrogen and oxygen atoms in total. The van der Waals surface area contributed by atoms with Crippen molar-refractivity contribution < 1.29 is 14.7 Å². The average molecular weight is 425 g/mol. The molecule has 1 saturated heterocycles. The number of aliphatic hydroxyl groups is 1. The van der Waals surface area contributed by atoms with Crippen molar-refractivity contribution in [1.29, 1.82) is 0 Å². The smallest absolute Gasteiger partial charge is 0.301 e. The fourth-order valence-corrected chi connectivity index (χ4v) is 4.36. The Morgan fingerprint density at radius 3 is 2.66 bits per heavy atom. The molecule has 29 heavy (non-hydrogen) atoms. The zero-order valence-electron chi connectivity index (χ0n) is 15.7. The predicted molar refractivity (Wildman–Crippen MR) is 114 cm³/mol. The summed E-state index contributed by atoms with van der Waals surface area (Å²) in [6.45, 7) is 3.75. The Labute approximate surface area is 176 Å². The fourth-order valence-electron chi connectivity index (χ4n) is 3.49. The Hall–Kier alpha value is -2.96. The van der Waals surface area contributed by atoms with Gasteiger partial charge >= 0.3 is 5.91 Å². The van der Waals surface area contributed by atoms with Crippen LogP contribution in [0.3, 0.4) is 0 Å². The normalized spacial score (nSPS) is 18.4. The van der Waals surface area contributed by atoms with E-state index in [-0.39, 0.29) is 11.3 Å². The summed E-state index contributed by atoms with van der Waals surface area (Å²) < 4.78 is 0. The van der Waals surface area contributed by atoms with Gasteiger partial charge in [0, 0.05) is 22.2 Å². The van der Waals surface area contributed by atoms with E-state index < -0.39 is 17.7 Å². The molecule has 1 N–H and O–H groups in total. The van der Waals surface area contributed by atoms with E-state index in [0.29, 0.717) is 21.3 Å². The van der Waals surface area contributed by atoms with Gasteiger partial charge in [-0.3, -0.25) is 14.5 Å². The highest BCUT2D eigenvalue weighted by atomic mass is 35.5. The zero-order chi connectivity index (χ0) is 20.7. The average Bonchev–Trinajstić information content (AvgIpc) is 3.30. The van der Waals surface area contributed by atoms with E-state index in [9.17, 15) is 14.7 Å². The number of benzene rings is 2. The largest absolute Gasteiger partial charge is 0.507 e. The van der Waals surface area contributed by atoms with E-state index >= 15 is 0 Å². The Morgan fingerprint density at radius 1 is 1.17 bits per heavy atom. The summed E-state index contributed by atoms with van der Waals surface area (Å²) in [6.07, 6.45) is 1.57. The number of hydrogen-bond donors (Lipinski definition) is 1. The highest BCUT2D eigenvalue weighted by molar-refractivity contribution is 7.14. The number of aromatic nitrogens is 1. The molecule has 3 aromatic rings. The summed E-state index contributed by atoms with van der Waals surface area (Å²) in [5, 5.41) is 13.7. The van der Waals surface area contributed by atoms with E-state index in [1.54, 1.807) is 41.9 Å². The third kappa shape index (κ3) is 3.34. The number of carbonyl (C=O) groups excluding carboxylic acids is 2. The molecule has 2 heterocycles. The van der Waals surface area contributed by atoms with E-state index in [0.717, 1.165) is 11.1 Å². The van der Waals surface area contributed by atoms with Crippen molar-refractivity contribution >= 4 is 45.5 Å². The van der Waals surface area contributed by atoms with Gasteiger partial charge in [-0.2, -0.15) is 0 Å². The number of aryl methyl sites for hydroxylation is 2. The minimum Gasteiger partial charge on any atom is -0.507 e. The Bertz CT molecular complexity index is 1150. The maximum atomic E-state index is 13.0.